The van der Waals surface area contributed by atoms with Crippen molar-refractivity contribution in [1.29, 1.82) is 0 Å². The first-order valence-electron chi connectivity index (χ1n) is 5.39. The van der Waals surface area contributed by atoms with E-state index in [9.17, 15) is 0 Å². The number of ether oxygens (including phenoxy) is 1. The van der Waals surface area contributed by atoms with Gasteiger partial charge in [0.2, 0.25) is 5.88 Å². The molecule has 1 aliphatic heterocycles. The lowest BCUT2D eigenvalue weighted by molar-refractivity contribution is 0.380. The molecule has 1 N–H and O–H groups in total. The summed E-state index contributed by atoms with van der Waals surface area (Å²) in [6.45, 7) is 5.52. The molecule has 0 bridgehead atoms. The van der Waals surface area contributed by atoms with Gasteiger partial charge in [-0.05, 0) is 32.9 Å². The van der Waals surface area contributed by atoms with Crippen LogP contribution in [0.4, 0.5) is 0 Å². The maximum Gasteiger partial charge on any atom is 0.213 e. The van der Waals surface area contributed by atoms with Crippen molar-refractivity contribution in [3.8, 4) is 5.88 Å². The standard InChI is InChI=1S/C12H18N2O/c1-12(2)9(7-8-13-12)10-5-4-6-11(14-10)15-3/h4-6,9,13H,7-8H2,1-3H3. The Morgan fingerprint density at radius 2 is 2.27 bits per heavy atom. The Balaban J connectivity index is 2.29. The molecular formula is C12H18N2O. The van der Waals surface area contributed by atoms with Crippen molar-refractivity contribution < 1.29 is 4.74 Å². The molecule has 1 saturated heterocycles. The van der Waals surface area contributed by atoms with Crippen molar-refractivity contribution in [1.82, 2.24) is 10.3 Å². The summed E-state index contributed by atoms with van der Waals surface area (Å²) in [5.74, 6) is 1.18. The first kappa shape index (κ1) is 10.4. The maximum atomic E-state index is 5.15. The van der Waals surface area contributed by atoms with Crippen LogP contribution in [-0.2, 0) is 0 Å². The van der Waals surface area contributed by atoms with Gasteiger partial charge in [0.25, 0.3) is 0 Å². The lowest BCUT2D eigenvalue weighted by atomic mass is 9.86. The van der Waals surface area contributed by atoms with E-state index >= 15 is 0 Å². The van der Waals surface area contributed by atoms with Crippen molar-refractivity contribution in [3.05, 3.63) is 23.9 Å². The van der Waals surface area contributed by atoms with Gasteiger partial charge in [-0.15, -0.1) is 0 Å². The van der Waals surface area contributed by atoms with E-state index in [1.54, 1.807) is 7.11 Å². The zero-order valence-corrected chi connectivity index (χ0v) is 9.58. The summed E-state index contributed by atoms with van der Waals surface area (Å²) in [7, 11) is 1.66. The van der Waals surface area contributed by atoms with Crippen LogP contribution in [0.2, 0.25) is 0 Å². The molecule has 0 aliphatic carbocycles. The number of nitrogens with zero attached hydrogens (tertiary/aromatic N) is 1. The minimum absolute atomic E-state index is 0.138. The van der Waals surface area contributed by atoms with E-state index < -0.39 is 0 Å². The van der Waals surface area contributed by atoms with Crippen LogP contribution in [-0.4, -0.2) is 24.2 Å². The van der Waals surface area contributed by atoms with E-state index in [1.807, 2.05) is 12.1 Å². The molecule has 1 aromatic rings. The van der Waals surface area contributed by atoms with Gasteiger partial charge in [0, 0.05) is 23.2 Å². The van der Waals surface area contributed by atoms with Crippen molar-refractivity contribution >= 4 is 0 Å². The number of hydrogen-bond donors (Lipinski definition) is 1. The van der Waals surface area contributed by atoms with Gasteiger partial charge in [-0.25, -0.2) is 4.98 Å². The topological polar surface area (TPSA) is 34.1 Å². The summed E-state index contributed by atoms with van der Waals surface area (Å²) >= 11 is 0. The molecule has 3 nitrogen and oxygen atoms in total. The van der Waals surface area contributed by atoms with Crippen LogP contribution in [0.15, 0.2) is 18.2 Å². The van der Waals surface area contributed by atoms with Gasteiger partial charge in [0.05, 0.1) is 7.11 Å². The van der Waals surface area contributed by atoms with Crippen LogP contribution in [0.1, 0.15) is 31.9 Å². The second kappa shape index (κ2) is 3.81. The fourth-order valence-electron chi connectivity index (χ4n) is 2.28. The normalized spacial score (nSPS) is 24.1. The highest BCUT2D eigenvalue weighted by atomic mass is 16.5. The lowest BCUT2D eigenvalue weighted by Gasteiger charge is -2.26. The number of methoxy groups -OCH3 is 1. The molecule has 0 amide bonds. The smallest absolute Gasteiger partial charge is 0.213 e. The molecule has 82 valence electrons. The summed E-state index contributed by atoms with van der Waals surface area (Å²) in [5.41, 5.74) is 1.27. The quantitative estimate of drug-likeness (QED) is 0.803. The minimum Gasteiger partial charge on any atom is -0.481 e. The van der Waals surface area contributed by atoms with Crippen LogP contribution < -0.4 is 10.1 Å². The van der Waals surface area contributed by atoms with E-state index in [0.717, 1.165) is 18.7 Å². The van der Waals surface area contributed by atoms with Gasteiger partial charge in [-0.3, -0.25) is 0 Å². The van der Waals surface area contributed by atoms with Crippen LogP contribution in [0.5, 0.6) is 5.88 Å². The highest BCUT2D eigenvalue weighted by Gasteiger charge is 2.35. The molecular weight excluding hydrogens is 188 g/mol. The molecule has 1 fully saturated rings. The third-order valence-corrected chi connectivity index (χ3v) is 3.20. The molecule has 15 heavy (non-hydrogen) atoms. The number of pyridine rings is 1. The van der Waals surface area contributed by atoms with Crippen LogP contribution in [0.25, 0.3) is 0 Å². The molecule has 0 aromatic carbocycles. The summed E-state index contributed by atoms with van der Waals surface area (Å²) in [6, 6.07) is 5.98. The number of hydrogen-bond acceptors (Lipinski definition) is 3. The number of nitrogens with one attached hydrogen (secondary N) is 1. The maximum absolute atomic E-state index is 5.15. The van der Waals surface area contributed by atoms with Crippen LogP contribution in [0, 0.1) is 0 Å². The Hall–Kier alpha value is -1.09. The fraction of sp³-hybridized carbons (Fsp3) is 0.583. The van der Waals surface area contributed by atoms with Gasteiger partial charge in [0.1, 0.15) is 0 Å². The van der Waals surface area contributed by atoms with Gasteiger partial charge >= 0.3 is 0 Å². The highest BCUT2D eigenvalue weighted by Crippen LogP contribution is 2.34. The predicted octanol–water partition coefficient (Wildman–Crippen LogP) is 1.95. The average Bonchev–Trinajstić information content (AvgIpc) is 2.58. The summed E-state index contributed by atoms with van der Waals surface area (Å²) in [5, 5.41) is 3.50. The zero-order chi connectivity index (χ0) is 10.9. The molecule has 1 aromatic heterocycles. The van der Waals surface area contributed by atoms with E-state index in [-0.39, 0.29) is 5.54 Å². The molecule has 1 atom stereocenters. The van der Waals surface area contributed by atoms with E-state index in [0.29, 0.717) is 11.8 Å². The van der Waals surface area contributed by atoms with Gasteiger partial charge in [-0.1, -0.05) is 6.07 Å². The van der Waals surface area contributed by atoms with E-state index in [2.05, 4.69) is 30.2 Å². The molecule has 1 unspecified atom stereocenters. The molecule has 2 heterocycles. The molecule has 0 saturated carbocycles. The molecule has 3 heteroatoms. The third kappa shape index (κ3) is 1.97. The zero-order valence-electron chi connectivity index (χ0n) is 9.58. The van der Waals surface area contributed by atoms with Gasteiger partial charge in [0.15, 0.2) is 0 Å². The van der Waals surface area contributed by atoms with E-state index in [4.69, 9.17) is 4.74 Å². The largest absolute Gasteiger partial charge is 0.481 e. The summed E-state index contributed by atoms with van der Waals surface area (Å²) < 4.78 is 5.15. The monoisotopic (exact) mass is 206 g/mol. The SMILES string of the molecule is COc1cccc(C2CCNC2(C)C)n1. The Kier molecular flexibility index (Phi) is 2.65. The van der Waals surface area contributed by atoms with E-state index in [1.165, 1.54) is 0 Å². The van der Waals surface area contributed by atoms with Crippen LogP contribution >= 0.6 is 0 Å². The molecule has 1 aliphatic rings. The average molecular weight is 206 g/mol. The second-order valence-corrected chi connectivity index (χ2v) is 4.59. The van der Waals surface area contributed by atoms with Gasteiger partial charge < -0.3 is 10.1 Å². The van der Waals surface area contributed by atoms with Gasteiger partial charge in [-0.2, -0.15) is 0 Å². The van der Waals surface area contributed by atoms with Crippen molar-refractivity contribution in [3.63, 3.8) is 0 Å². The summed E-state index contributed by atoms with van der Waals surface area (Å²) in [6.07, 6.45) is 1.15. The Morgan fingerprint density at radius 1 is 1.47 bits per heavy atom. The Bertz CT molecular complexity index is 349. The Morgan fingerprint density at radius 3 is 2.87 bits per heavy atom. The fourth-order valence-corrected chi connectivity index (χ4v) is 2.28. The predicted molar refractivity (Wildman–Crippen MR) is 60.2 cm³/mol. The molecule has 0 radical (unpaired) electrons. The first-order valence-corrected chi connectivity index (χ1v) is 5.39. The van der Waals surface area contributed by atoms with Crippen molar-refractivity contribution in [2.45, 2.75) is 31.7 Å². The lowest BCUT2D eigenvalue weighted by Crippen LogP contribution is -2.37. The van der Waals surface area contributed by atoms with Crippen molar-refractivity contribution in [2.75, 3.05) is 13.7 Å². The van der Waals surface area contributed by atoms with Crippen LogP contribution in [0.3, 0.4) is 0 Å². The minimum atomic E-state index is 0.138. The number of rotatable bonds is 2. The third-order valence-electron chi connectivity index (χ3n) is 3.20. The van der Waals surface area contributed by atoms with Crippen molar-refractivity contribution in [2.24, 2.45) is 0 Å². The Labute approximate surface area is 90.9 Å². The molecule has 2 rings (SSSR count). The number of aromatic nitrogens is 1. The molecule has 0 spiro atoms. The summed E-state index contributed by atoms with van der Waals surface area (Å²) in [4.78, 5) is 4.51. The second-order valence-electron chi connectivity index (χ2n) is 4.59. The first-order chi connectivity index (χ1) is 7.13. The highest BCUT2D eigenvalue weighted by molar-refractivity contribution is 5.22.